The number of hydrogen-bond acceptors (Lipinski definition) is 6. The highest BCUT2D eigenvalue weighted by Crippen LogP contribution is 2.42. The molecule has 0 aliphatic heterocycles. The van der Waals surface area contributed by atoms with Crippen molar-refractivity contribution in [2.45, 2.75) is 0 Å². The molecule has 0 unspecified atom stereocenters. The first-order chi connectivity index (χ1) is 14.7. The Bertz CT molecular complexity index is 1350. The van der Waals surface area contributed by atoms with Crippen LogP contribution in [-0.4, -0.2) is 46.7 Å². The second-order valence-electron chi connectivity index (χ2n) is 6.74. The number of nitrogens with zero attached hydrogens (tertiary/aromatic N) is 3. The summed E-state index contributed by atoms with van der Waals surface area (Å²) in [5.74, 6) is 1.68. The molecule has 0 aliphatic carbocycles. The topological polar surface area (TPSA) is 97.9 Å². The number of aromatic amines is 2. The van der Waals surface area contributed by atoms with Gasteiger partial charge < -0.3 is 14.2 Å². The quantitative estimate of drug-likeness (QED) is 0.458. The Balaban J connectivity index is 1.70. The van der Waals surface area contributed by atoms with E-state index in [4.69, 9.17) is 14.2 Å². The van der Waals surface area contributed by atoms with E-state index in [1.165, 1.54) is 0 Å². The lowest BCUT2D eigenvalue weighted by molar-refractivity contribution is 0.324. The van der Waals surface area contributed by atoms with E-state index in [9.17, 15) is 0 Å². The fourth-order valence-corrected chi connectivity index (χ4v) is 3.71. The van der Waals surface area contributed by atoms with Crippen LogP contribution >= 0.6 is 0 Å². The van der Waals surface area contributed by atoms with Gasteiger partial charge in [-0.1, -0.05) is 12.1 Å². The zero-order valence-electron chi connectivity index (χ0n) is 16.7. The second-order valence-corrected chi connectivity index (χ2v) is 6.74. The highest BCUT2D eigenvalue weighted by atomic mass is 16.5. The first kappa shape index (κ1) is 18.0. The van der Waals surface area contributed by atoms with Crippen molar-refractivity contribution in [1.82, 2.24) is 25.4 Å². The molecule has 0 atom stereocenters. The monoisotopic (exact) mass is 401 g/mol. The van der Waals surface area contributed by atoms with Crippen molar-refractivity contribution in [1.29, 1.82) is 0 Å². The van der Waals surface area contributed by atoms with E-state index in [0.29, 0.717) is 22.9 Å². The summed E-state index contributed by atoms with van der Waals surface area (Å²) in [4.78, 5) is 4.55. The van der Waals surface area contributed by atoms with E-state index in [2.05, 4.69) is 37.5 Å². The van der Waals surface area contributed by atoms with Crippen LogP contribution in [-0.2, 0) is 0 Å². The van der Waals surface area contributed by atoms with Crippen molar-refractivity contribution < 1.29 is 14.2 Å². The van der Waals surface area contributed by atoms with Gasteiger partial charge in [-0.3, -0.25) is 10.2 Å². The van der Waals surface area contributed by atoms with Gasteiger partial charge in [0.05, 0.1) is 38.7 Å². The maximum atomic E-state index is 5.50. The first-order valence-corrected chi connectivity index (χ1v) is 9.30. The van der Waals surface area contributed by atoms with Crippen LogP contribution in [0.4, 0.5) is 0 Å². The number of hydrogen-bond donors (Lipinski definition) is 2. The predicted octanol–water partition coefficient (Wildman–Crippen LogP) is 4.19. The van der Waals surface area contributed by atoms with Crippen LogP contribution in [0, 0.1) is 0 Å². The van der Waals surface area contributed by atoms with E-state index in [0.717, 1.165) is 38.7 Å². The lowest BCUT2D eigenvalue weighted by Gasteiger charge is -2.13. The lowest BCUT2D eigenvalue weighted by Crippen LogP contribution is -1.96. The molecule has 8 nitrogen and oxygen atoms in total. The SMILES string of the molecule is COc1cc(-c2[nH]nc3ncc(-c4cccc5[nH]ncc45)cc23)cc(OC)c1OC. The maximum Gasteiger partial charge on any atom is 0.203 e. The minimum absolute atomic E-state index is 0.540. The Morgan fingerprint density at radius 1 is 0.800 bits per heavy atom. The van der Waals surface area contributed by atoms with Gasteiger partial charge in [0.1, 0.15) is 0 Å². The predicted molar refractivity (Wildman–Crippen MR) is 114 cm³/mol. The smallest absolute Gasteiger partial charge is 0.203 e. The van der Waals surface area contributed by atoms with Crippen molar-refractivity contribution in [3.63, 3.8) is 0 Å². The van der Waals surface area contributed by atoms with Gasteiger partial charge in [-0.25, -0.2) is 4.98 Å². The molecular weight excluding hydrogens is 382 g/mol. The Labute approximate surface area is 171 Å². The summed E-state index contributed by atoms with van der Waals surface area (Å²) in [6.07, 6.45) is 3.65. The molecule has 2 aromatic carbocycles. The van der Waals surface area contributed by atoms with Crippen LogP contribution in [0.2, 0.25) is 0 Å². The average Bonchev–Trinajstić information content (AvgIpc) is 3.44. The molecule has 0 saturated carbocycles. The number of pyridine rings is 1. The van der Waals surface area contributed by atoms with E-state index >= 15 is 0 Å². The molecule has 150 valence electrons. The molecule has 8 heteroatoms. The normalized spacial score (nSPS) is 11.2. The first-order valence-electron chi connectivity index (χ1n) is 9.30. The number of nitrogens with one attached hydrogen (secondary N) is 2. The van der Waals surface area contributed by atoms with Crippen LogP contribution in [0.25, 0.3) is 44.3 Å². The third-order valence-electron chi connectivity index (χ3n) is 5.16. The molecule has 3 heterocycles. The Morgan fingerprint density at radius 2 is 1.60 bits per heavy atom. The summed E-state index contributed by atoms with van der Waals surface area (Å²) in [5, 5.41) is 16.6. The minimum Gasteiger partial charge on any atom is -0.493 e. The van der Waals surface area contributed by atoms with Gasteiger partial charge in [-0.15, -0.1) is 0 Å². The van der Waals surface area contributed by atoms with Crippen molar-refractivity contribution in [3.05, 3.63) is 48.8 Å². The number of fused-ring (bicyclic) bond motifs is 2. The van der Waals surface area contributed by atoms with E-state index < -0.39 is 0 Å². The number of ether oxygens (including phenoxy) is 3. The summed E-state index contributed by atoms with van der Waals surface area (Å²) < 4.78 is 16.4. The summed E-state index contributed by atoms with van der Waals surface area (Å²) in [5.41, 5.74) is 5.30. The second kappa shape index (κ2) is 7.07. The summed E-state index contributed by atoms with van der Waals surface area (Å²) >= 11 is 0. The summed E-state index contributed by atoms with van der Waals surface area (Å²) in [7, 11) is 4.77. The number of methoxy groups -OCH3 is 3. The molecule has 0 saturated heterocycles. The third-order valence-corrected chi connectivity index (χ3v) is 5.16. The van der Waals surface area contributed by atoms with Crippen LogP contribution in [0.3, 0.4) is 0 Å². The number of aromatic nitrogens is 5. The van der Waals surface area contributed by atoms with Crippen molar-refractivity contribution in [2.75, 3.05) is 21.3 Å². The van der Waals surface area contributed by atoms with E-state index in [1.807, 2.05) is 36.7 Å². The molecule has 0 fully saturated rings. The minimum atomic E-state index is 0.540. The number of benzene rings is 2. The van der Waals surface area contributed by atoms with Crippen molar-refractivity contribution >= 4 is 21.9 Å². The zero-order chi connectivity index (χ0) is 20.7. The molecular formula is C22H19N5O3. The van der Waals surface area contributed by atoms with Gasteiger partial charge in [0.25, 0.3) is 0 Å². The van der Waals surface area contributed by atoms with Crippen LogP contribution in [0.5, 0.6) is 17.2 Å². The molecule has 0 bridgehead atoms. The molecule has 3 aromatic heterocycles. The Hall–Kier alpha value is -4.07. The van der Waals surface area contributed by atoms with Crippen LogP contribution in [0.1, 0.15) is 0 Å². The molecule has 0 radical (unpaired) electrons. The summed E-state index contributed by atoms with van der Waals surface area (Å²) in [6, 6.07) is 11.9. The lowest BCUT2D eigenvalue weighted by atomic mass is 10.0. The van der Waals surface area contributed by atoms with Crippen molar-refractivity contribution in [2.24, 2.45) is 0 Å². The summed E-state index contributed by atoms with van der Waals surface area (Å²) in [6.45, 7) is 0. The Morgan fingerprint density at radius 3 is 2.33 bits per heavy atom. The van der Waals surface area contributed by atoms with E-state index in [-0.39, 0.29) is 0 Å². The molecule has 5 aromatic rings. The zero-order valence-corrected chi connectivity index (χ0v) is 16.7. The standard InChI is InChI=1S/C22H19N5O3/c1-28-18-8-12(9-19(29-2)21(18)30-3)20-15-7-13(10-23-22(15)27-26-20)14-5-4-6-17-16(14)11-24-25-17/h4-11H,1-3H3,(H,24,25)(H,23,26,27). The fourth-order valence-electron chi connectivity index (χ4n) is 3.71. The molecule has 0 amide bonds. The van der Waals surface area contributed by atoms with E-state index in [1.54, 1.807) is 21.3 Å². The van der Waals surface area contributed by atoms with Crippen molar-refractivity contribution in [3.8, 4) is 39.6 Å². The number of rotatable bonds is 5. The highest BCUT2D eigenvalue weighted by Gasteiger charge is 2.18. The molecule has 5 rings (SSSR count). The molecule has 0 aliphatic rings. The van der Waals surface area contributed by atoms with Gasteiger partial charge in [-0.2, -0.15) is 10.2 Å². The van der Waals surface area contributed by atoms with Gasteiger partial charge in [0.2, 0.25) is 5.75 Å². The average molecular weight is 401 g/mol. The number of H-pyrrole nitrogens is 2. The molecule has 30 heavy (non-hydrogen) atoms. The Kier molecular flexibility index (Phi) is 4.24. The van der Waals surface area contributed by atoms with Gasteiger partial charge >= 0.3 is 0 Å². The fraction of sp³-hybridized carbons (Fsp3) is 0.136. The van der Waals surface area contributed by atoms with Gasteiger partial charge in [0.15, 0.2) is 17.1 Å². The van der Waals surface area contributed by atoms with Crippen LogP contribution < -0.4 is 14.2 Å². The third kappa shape index (κ3) is 2.73. The van der Waals surface area contributed by atoms with Crippen LogP contribution in [0.15, 0.2) is 48.8 Å². The van der Waals surface area contributed by atoms with Gasteiger partial charge in [-0.05, 0) is 29.8 Å². The highest BCUT2D eigenvalue weighted by molar-refractivity contribution is 5.99. The van der Waals surface area contributed by atoms with Gasteiger partial charge in [0, 0.05) is 28.1 Å². The molecule has 0 spiro atoms. The largest absolute Gasteiger partial charge is 0.493 e. The maximum absolute atomic E-state index is 5.50. The molecule has 2 N–H and O–H groups in total.